The number of aromatic nitrogens is 2. The summed E-state index contributed by atoms with van der Waals surface area (Å²) in [5.74, 6) is 0. The summed E-state index contributed by atoms with van der Waals surface area (Å²) >= 11 is 11.1. The highest BCUT2D eigenvalue weighted by atomic mass is 35.5. The maximum Gasteiger partial charge on any atom is 0.143 e. The minimum Gasteiger partial charge on any atom is -0.265 e. The number of aromatic amines is 1. The van der Waals surface area contributed by atoms with Gasteiger partial charge in [0.05, 0.1) is 0 Å². The molecule has 0 saturated heterocycles. The van der Waals surface area contributed by atoms with E-state index in [4.69, 9.17) is 23.2 Å². The van der Waals surface area contributed by atoms with Crippen molar-refractivity contribution in [2.75, 3.05) is 0 Å². The lowest BCUT2D eigenvalue weighted by molar-refractivity contribution is 1.08. The molecule has 4 heteroatoms. The highest BCUT2D eigenvalue weighted by molar-refractivity contribution is 6.42. The second-order valence-electron chi connectivity index (χ2n) is 1.44. The lowest BCUT2D eigenvalue weighted by Crippen LogP contribution is -1.68. The first-order chi connectivity index (χ1) is 4.25. The van der Waals surface area contributed by atoms with Gasteiger partial charge in [-0.1, -0.05) is 29.8 Å². The predicted molar refractivity (Wildman–Crippen MR) is 38.7 cm³/mol. The van der Waals surface area contributed by atoms with Gasteiger partial charge < -0.3 is 0 Å². The van der Waals surface area contributed by atoms with Gasteiger partial charge in [-0.3, -0.25) is 5.10 Å². The maximum absolute atomic E-state index is 5.61. The van der Waals surface area contributed by atoms with Crippen molar-refractivity contribution in [3.8, 4) is 0 Å². The molecular weight excluding hydrogens is 159 g/mol. The van der Waals surface area contributed by atoms with Gasteiger partial charge >= 0.3 is 0 Å². The summed E-state index contributed by atoms with van der Waals surface area (Å²) in [5, 5.41) is 7.00. The Hall–Kier alpha value is -0.470. The fourth-order valence-corrected chi connectivity index (χ4v) is 0.756. The average molecular weight is 163 g/mol. The standard InChI is InChI=1S/C5H4Cl2N2/c1-2-3-4(6)5(7)9-8-3/h2H,1H2,(H,8,9). The molecule has 0 aliphatic heterocycles. The summed E-state index contributed by atoms with van der Waals surface area (Å²) in [5.41, 5.74) is 0.585. The summed E-state index contributed by atoms with van der Waals surface area (Å²) in [4.78, 5) is 0. The summed E-state index contributed by atoms with van der Waals surface area (Å²) in [6.45, 7) is 3.48. The van der Waals surface area contributed by atoms with E-state index in [0.29, 0.717) is 15.9 Å². The van der Waals surface area contributed by atoms with Crippen molar-refractivity contribution in [3.05, 3.63) is 22.4 Å². The fraction of sp³-hybridized carbons (Fsp3) is 0. The third kappa shape index (κ3) is 1.09. The Labute approximate surface area is 62.5 Å². The molecule has 0 aromatic carbocycles. The van der Waals surface area contributed by atoms with E-state index in [1.807, 2.05) is 0 Å². The summed E-state index contributed by atoms with van der Waals surface area (Å²) in [7, 11) is 0. The first-order valence-electron chi connectivity index (χ1n) is 2.27. The molecule has 1 aromatic rings. The SMILES string of the molecule is C=Cc1n[nH]c(Cl)c1Cl. The van der Waals surface area contributed by atoms with Crippen LogP contribution in [-0.2, 0) is 0 Å². The number of H-pyrrole nitrogens is 1. The Morgan fingerprint density at radius 2 is 2.22 bits per heavy atom. The summed E-state index contributed by atoms with van der Waals surface area (Å²) in [6.07, 6.45) is 1.53. The van der Waals surface area contributed by atoms with E-state index in [2.05, 4.69) is 16.8 Å². The molecule has 9 heavy (non-hydrogen) atoms. The molecule has 1 heterocycles. The van der Waals surface area contributed by atoms with Crippen molar-refractivity contribution in [2.45, 2.75) is 0 Å². The number of hydrogen-bond donors (Lipinski definition) is 1. The predicted octanol–water partition coefficient (Wildman–Crippen LogP) is 2.36. The highest BCUT2D eigenvalue weighted by Gasteiger charge is 2.03. The molecule has 0 atom stereocenters. The molecule has 0 unspecified atom stereocenters. The zero-order valence-electron chi connectivity index (χ0n) is 4.49. The monoisotopic (exact) mass is 162 g/mol. The first kappa shape index (κ1) is 6.65. The van der Waals surface area contributed by atoms with Crippen molar-refractivity contribution in [3.63, 3.8) is 0 Å². The molecule has 0 aliphatic rings. The first-order valence-corrected chi connectivity index (χ1v) is 3.03. The Kier molecular flexibility index (Phi) is 1.78. The third-order valence-corrected chi connectivity index (χ3v) is 1.64. The minimum atomic E-state index is 0.353. The van der Waals surface area contributed by atoms with Crippen LogP contribution in [-0.4, -0.2) is 10.2 Å². The Morgan fingerprint density at radius 3 is 2.44 bits per heavy atom. The van der Waals surface area contributed by atoms with Crippen LogP contribution in [0.3, 0.4) is 0 Å². The molecule has 2 nitrogen and oxygen atoms in total. The molecule has 1 aromatic heterocycles. The van der Waals surface area contributed by atoms with Crippen LogP contribution in [0.5, 0.6) is 0 Å². The number of rotatable bonds is 1. The molecule has 0 bridgehead atoms. The molecule has 0 saturated carbocycles. The van der Waals surface area contributed by atoms with Gasteiger partial charge in [0, 0.05) is 0 Å². The summed E-state index contributed by atoms with van der Waals surface area (Å²) in [6, 6.07) is 0. The smallest absolute Gasteiger partial charge is 0.143 e. The van der Waals surface area contributed by atoms with Gasteiger partial charge in [-0.15, -0.1) is 0 Å². The van der Waals surface area contributed by atoms with E-state index in [9.17, 15) is 0 Å². The molecule has 0 spiro atoms. The van der Waals surface area contributed by atoms with Crippen LogP contribution in [0.1, 0.15) is 5.69 Å². The van der Waals surface area contributed by atoms with E-state index >= 15 is 0 Å². The van der Waals surface area contributed by atoms with Crippen LogP contribution in [0.15, 0.2) is 6.58 Å². The van der Waals surface area contributed by atoms with Crippen LogP contribution >= 0.6 is 23.2 Å². The maximum atomic E-state index is 5.61. The molecular formula is C5H4Cl2N2. The Balaban J connectivity index is 3.18. The lowest BCUT2D eigenvalue weighted by atomic mass is 10.4. The number of hydrogen-bond acceptors (Lipinski definition) is 1. The molecule has 0 fully saturated rings. The topological polar surface area (TPSA) is 28.7 Å². The lowest BCUT2D eigenvalue weighted by Gasteiger charge is -1.80. The van der Waals surface area contributed by atoms with Crippen LogP contribution in [0, 0.1) is 0 Å². The van der Waals surface area contributed by atoms with E-state index in [0.717, 1.165) is 0 Å². The molecule has 48 valence electrons. The van der Waals surface area contributed by atoms with E-state index < -0.39 is 0 Å². The Morgan fingerprint density at radius 1 is 1.56 bits per heavy atom. The summed E-state index contributed by atoms with van der Waals surface area (Å²) < 4.78 is 0. The van der Waals surface area contributed by atoms with Crippen molar-refractivity contribution in [2.24, 2.45) is 0 Å². The third-order valence-electron chi connectivity index (χ3n) is 0.885. The van der Waals surface area contributed by atoms with E-state index in [-0.39, 0.29) is 0 Å². The molecule has 1 N–H and O–H groups in total. The van der Waals surface area contributed by atoms with Gasteiger partial charge in [-0.05, 0) is 6.08 Å². The number of nitrogens with zero attached hydrogens (tertiary/aromatic N) is 1. The fourth-order valence-electron chi connectivity index (χ4n) is 0.455. The molecule has 0 amide bonds. The van der Waals surface area contributed by atoms with Gasteiger partial charge in [0.2, 0.25) is 0 Å². The van der Waals surface area contributed by atoms with Crippen LogP contribution < -0.4 is 0 Å². The Bertz CT molecular complexity index is 229. The normalized spacial score (nSPS) is 9.56. The molecule has 0 aliphatic carbocycles. The van der Waals surface area contributed by atoms with Crippen LogP contribution in [0.2, 0.25) is 10.2 Å². The molecule has 1 rings (SSSR count). The van der Waals surface area contributed by atoms with Crippen molar-refractivity contribution in [1.29, 1.82) is 0 Å². The zero-order valence-corrected chi connectivity index (χ0v) is 6.00. The van der Waals surface area contributed by atoms with Crippen LogP contribution in [0.4, 0.5) is 0 Å². The number of halogens is 2. The average Bonchev–Trinajstić information content (AvgIpc) is 2.15. The highest BCUT2D eigenvalue weighted by Crippen LogP contribution is 2.22. The van der Waals surface area contributed by atoms with Gasteiger partial charge in [0.15, 0.2) is 0 Å². The second-order valence-corrected chi connectivity index (χ2v) is 2.20. The number of nitrogens with one attached hydrogen (secondary N) is 1. The van der Waals surface area contributed by atoms with E-state index in [1.165, 1.54) is 6.08 Å². The van der Waals surface area contributed by atoms with Gasteiger partial charge in [-0.2, -0.15) is 5.10 Å². The van der Waals surface area contributed by atoms with Crippen molar-refractivity contribution in [1.82, 2.24) is 10.2 Å². The van der Waals surface area contributed by atoms with Crippen molar-refractivity contribution >= 4 is 29.3 Å². The van der Waals surface area contributed by atoms with Gasteiger partial charge in [0.25, 0.3) is 0 Å². The van der Waals surface area contributed by atoms with Gasteiger partial charge in [0.1, 0.15) is 15.9 Å². The quantitative estimate of drug-likeness (QED) is 0.676. The van der Waals surface area contributed by atoms with E-state index in [1.54, 1.807) is 0 Å². The van der Waals surface area contributed by atoms with Crippen molar-refractivity contribution < 1.29 is 0 Å². The zero-order chi connectivity index (χ0) is 6.85. The minimum absolute atomic E-state index is 0.353. The van der Waals surface area contributed by atoms with Gasteiger partial charge in [-0.25, -0.2) is 0 Å². The van der Waals surface area contributed by atoms with Crippen LogP contribution in [0.25, 0.3) is 6.08 Å². The largest absolute Gasteiger partial charge is 0.265 e. The second kappa shape index (κ2) is 2.42. The molecule has 0 radical (unpaired) electrons.